The van der Waals surface area contributed by atoms with Crippen LogP contribution in [0.2, 0.25) is 0 Å². The highest BCUT2D eigenvalue weighted by molar-refractivity contribution is 5.87. The Morgan fingerprint density at radius 3 is 2.52 bits per heavy atom. The Morgan fingerprint density at radius 2 is 1.82 bits per heavy atom. The molecule has 3 saturated carbocycles. The predicted molar refractivity (Wildman–Crippen MR) is 164 cm³/mol. The third kappa shape index (κ3) is 4.00. The van der Waals surface area contributed by atoms with Gasteiger partial charge in [0.25, 0.3) is 0 Å². The quantitative estimate of drug-likeness (QED) is 0.239. The number of rotatable bonds is 5. The maximum Gasteiger partial charge on any atom is 0.331 e. The third-order valence-electron chi connectivity index (χ3n) is 12.8. The molecule has 7 rings (SSSR count). The molecular weight excluding hydrogens is 556 g/mol. The lowest BCUT2D eigenvalue weighted by Crippen LogP contribution is -2.73. The van der Waals surface area contributed by atoms with Crippen molar-refractivity contribution in [2.75, 3.05) is 6.61 Å². The van der Waals surface area contributed by atoms with Gasteiger partial charge in [0.15, 0.2) is 0 Å². The molecule has 2 aromatic rings. The average molecular weight is 601 g/mol. The van der Waals surface area contributed by atoms with Crippen LogP contribution in [0.25, 0.3) is 6.08 Å². The minimum absolute atomic E-state index is 0.0175. The van der Waals surface area contributed by atoms with Crippen molar-refractivity contribution >= 4 is 18.0 Å². The Balaban J connectivity index is 1.30. The van der Waals surface area contributed by atoms with Crippen molar-refractivity contribution < 1.29 is 33.3 Å². The van der Waals surface area contributed by atoms with E-state index >= 15 is 0 Å². The summed E-state index contributed by atoms with van der Waals surface area (Å²) in [4.78, 5) is 25.8. The number of benzene rings is 1. The summed E-state index contributed by atoms with van der Waals surface area (Å²) in [6, 6.07) is 11.7. The van der Waals surface area contributed by atoms with Gasteiger partial charge in [0.05, 0.1) is 31.3 Å². The van der Waals surface area contributed by atoms with Crippen LogP contribution in [0.15, 0.2) is 71.1 Å². The zero-order chi connectivity index (χ0) is 31.1. The second-order valence-electron chi connectivity index (χ2n) is 14.8. The lowest BCUT2D eigenvalue weighted by atomic mass is 9.36. The number of carbonyl (C=O) groups excluding carboxylic acids is 2. The highest BCUT2D eigenvalue weighted by Crippen LogP contribution is 2.75. The third-order valence-corrected chi connectivity index (χ3v) is 12.8. The van der Waals surface area contributed by atoms with Crippen molar-refractivity contribution in [3.05, 3.63) is 77.8 Å². The molecule has 7 nitrogen and oxygen atoms in total. The van der Waals surface area contributed by atoms with Gasteiger partial charge in [-0.1, -0.05) is 69.7 Å². The largest absolute Gasteiger partial charge is 0.472 e. The van der Waals surface area contributed by atoms with E-state index in [0.29, 0.717) is 13.0 Å². The van der Waals surface area contributed by atoms with Crippen molar-refractivity contribution in [1.29, 1.82) is 0 Å². The fraction of sp³-hybridized carbons (Fsp3) is 0.568. The molecule has 7 heteroatoms. The van der Waals surface area contributed by atoms with Gasteiger partial charge >= 0.3 is 11.9 Å². The number of furan rings is 1. The van der Waals surface area contributed by atoms with E-state index < -0.39 is 46.6 Å². The van der Waals surface area contributed by atoms with Gasteiger partial charge in [0, 0.05) is 41.6 Å². The average Bonchev–Trinajstić information content (AvgIpc) is 3.72. The lowest BCUT2D eigenvalue weighted by Gasteiger charge is -2.69. The fourth-order valence-corrected chi connectivity index (χ4v) is 10.9. The molecule has 234 valence electrons. The van der Waals surface area contributed by atoms with Crippen LogP contribution in [0.3, 0.4) is 0 Å². The highest BCUT2D eigenvalue weighted by atomic mass is 16.6. The standard InChI is InChI=1S/C37H44O7/c1-22(38)43-28-19-29(44-30(39)14-11-23-9-7-6-8-10-23)37(5)27-15-17-34(2)25(24-16-18-41-20-24)12-13-26(34)36(27,4)33(40)31-32(37)35(28,3)21-42-31/h6-11,13-14,16,18,20,25,27-29,31-33,40H,12,15,17,19,21H2,1-5H3/b14-11+/t25-,27-,28+,29-,31+,32-,33+,34-,35+,36-,37-/m0/s1. The number of allylic oxidation sites excluding steroid dienone is 1. The van der Waals surface area contributed by atoms with Gasteiger partial charge in [0.1, 0.15) is 12.2 Å². The summed E-state index contributed by atoms with van der Waals surface area (Å²) in [5.74, 6) is -0.669. The summed E-state index contributed by atoms with van der Waals surface area (Å²) >= 11 is 0. The van der Waals surface area contributed by atoms with E-state index in [2.05, 4.69) is 39.8 Å². The first-order valence-corrected chi connectivity index (χ1v) is 16.1. The maximum atomic E-state index is 13.5. The molecule has 1 aromatic carbocycles. The summed E-state index contributed by atoms with van der Waals surface area (Å²) in [5, 5.41) is 12.4. The van der Waals surface area contributed by atoms with Crippen molar-refractivity contribution in [2.45, 2.75) is 90.6 Å². The predicted octanol–water partition coefficient (Wildman–Crippen LogP) is 6.48. The van der Waals surface area contributed by atoms with Gasteiger partial charge in [-0.3, -0.25) is 4.79 Å². The van der Waals surface area contributed by atoms with Crippen LogP contribution >= 0.6 is 0 Å². The smallest absolute Gasteiger partial charge is 0.331 e. The SMILES string of the molecule is CC(=O)O[C@@H]1C[C@H](OC(=O)/C=C/c2ccccc2)[C@@]2(C)[C@H]3[C@@H](OC[C@]13C)[C@@H](O)[C@@]1(C)C3=CC[C@@H](c4ccoc4)[C@]3(C)CC[C@@H]12. The normalized spacial score (nSPS) is 44.0. The molecule has 0 bridgehead atoms. The van der Waals surface area contributed by atoms with Gasteiger partial charge in [-0.15, -0.1) is 0 Å². The van der Waals surface area contributed by atoms with E-state index in [-0.39, 0.29) is 29.1 Å². The van der Waals surface area contributed by atoms with Crippen LogP contribution in [-0.4, -0.2) is 48.1 Å². The summed E-state index contributed by atoms with van der Waals surface area (Å²) in [6.07, 6.45) is 10.0. The van der Waals surface area contributed by atoms with Crippen LogP contribution in [-0.2, 0) is 23.8 Å². The first-order valence-electron chi connectivity index (χ1n) is 16.1. The van der Waals surface area contributed by atoms with Crippen LogP contribution in [0, 0.1) is 33.5 Å². The summed E-state index contributed by atoms with van der Waals surface area (Å²) in [6.45, 7) is 10.7. The number of aliphatic hydroxyl groups excluding tert-OH is 1. The Kier molecular flexibility index (Phi) is 6.84. The molecule has 4 aliphatic carbocycles. The second kappa shape index (κ2) is 10.2. The molecule has 2 heterocycles. The number of ether oxygens (including phenoxy) is 3. The van der Waals surface area contributed by atoms with Crippen molar-refractivity contribution in [2.24, 2.45) is 33.5 Å². The van der Waals surface area contributed by atoms with E-state index in [4.69, 9.17) is 18.6 Å². The minimum Gasteiger partial charge on any atom is -0.472 e. The van der Waals surface area contributed by atoms with Crippen LogP contribution in [0.1, 0.15) is 77.3 Å². The van der Waals surface area contributed by atoms with Crippen molar-refractivity contribution in [3.63, 3.8) is 0 Å². The van der Waals surface area contributed by atoms with Crippen LogP contribution in [0.5, 0.6) is 0 Å². The number of hydrogen-bond donors (Lipinski definition) is 1. The van der Waals surface area contributed by atoms with Crippen LogP contribution < -0.4 is 0 Å². The summed E-state index contributed by atoms with van der Waals surface area (Å²) in [7, 11) is 0. The molecule has 1 aliphatic heterocycles. The van der Waals surface area contributed by atoms with E-state index in [0.717, 1.165) is 24.8 Å². The molecule has 4 fully saturated rings. The van der Waals surface area contributed by atoms with Crippen molar-refractivity contribution in [1.82, 2.24) is 0 Å². The number of carbonyl (C=O) groups is 2. The molecule has 1 N–H and O–H groups in total. The molecule has 1 aromatic heterocycles. The molecule has 0 amide bonds. The Bertz CT molecular complexity index is 1490. The summed E-state index contributed by atoms with van der Waals surface area (Å²) in [5.41, 5.74) is 1.60. The van der Waals surface area contributed by atoms with Gasteiger partial charge in [-0.2, -0.15) is 0 Å². The first-order chi connectivity index (χ1) is 20.9. The number of fused-ring (bicyclic) bond motifs is 4. The number of esters is 2. The molecule has 11 atom stereocenters. The second-order valence-corrected chi connectivity index (χ2v) is 14.8. The van der Waals surface area contributed by atoms with Gasteiger partial charge in [-0.05, 0) is 59.8 Å². The van der Waals surface area contributed by atoms with Gasteiger partial charge < -0.3 is 23.7 Å². The molecular formula is C37H44O7. The molecule has 44 heavy (non-hydrogen) atoms. The monoisotopic (exact) mass is 600 g/mol. The Labute approximate surface area is 259 Å². The summed E-state index contributed by atoms with van der Waals surface area (Å²) < 4.78 is 24.5. The van der Waals surface area contributed by atoms with E-state index in [9.17, 15) is 14.7 Å². The molecule has 0 radical (unpaired) electrons. The first kappa shape index (κ1) is 29.5. The molecule has 1 saturated heterocycles. The number of aliphatic hydroxyl groups is 1. The van der Waals surface area contributed by atoms with E-state index in [1.54, 1.807) is 12.3 Å². The zero-order valence-corrected chi connectivity index (χ0v) is 26.3. The van der Waals surface area contributed by atoms with Crippen molar-refractivity contribution in [3.8, 4) is 0 Å². The number of hydrogen-bond acceptors (Lipinski definition) is 7. The Hall–Kier alpha value is -3.16. The van der Waals surface area contributed by atoms with E-state index in [1.807, 2.05) is 36.6 Å². The lowest BCUT2D eigenvalue weighted by molar-refractivity contribution is -0.262. The maximum absolute atomic E-state index is 13.5. The molecule has 0 unspecified atom stereocenters. The Morgan fingerprint density at radius 1 is 1.05 bits per heavy atom. The molecule has 0 spiro atoms. The van der Waals surface area contributed by atoms with Gasteiger partial charge in [0.2, 0.25) is 0 Å². The van der Waals surface area contributed by atoms with Gasteiger partial charge in [-0.25, -0.2) is 4.79 Å². The fourth-order valence-electron chi connectivity index (χ4n) is 10.9. The van der Waals surface area contributed by atoms with Crippen LogP contribution in [0.4, 0.5) is 0 Å². The molecule has 5 aliphatic rings. The zero-order valence-electron chi connectivity index (χ0n) is 26.3. The van der Waals surface area contributed by atoms with E-state index in [1.165, 1.54) is 24.1 Å². The highest BCUT2D eigenvalue weighted by Gasteiger charge is 2.77. The minimum atomic E-state index is -0.758. The topological polar surface area (TPSA) is 95.2 Å².